The molecule has 0 aromatic carbocycles. The predicted molar refractivity (Wildman–Crippen MR) is 51.7 cm³/mol. The van der Waals surface area contributed by atoms with Gasteiger partial charge in [0.15, 0.2) is 5.05 Å². The molecule has 0 heterocycles. The minimum Gasteiger partial charge on any atom is -1.00 e. The molecule has 0 aliphatic rings. The van der Waals surface area contributed by atoms with Crippen LogP contribution in [-0.4, -0.2) is 43.8 Å². The Bertz CT molecular complexity index is 134. The van der Waals surface area contributed by atoms with Crippen molar-refractivity contribution in [3.05, 3.63) is 0 Å². The van der Waals surface area contributed by atoms with Gasteiger partial charge in [-0.3, -0.25) is 0 Å². The first-order chi connectivity index (χ1) is 4.95. The second kappa shape index (κ2) is 7.03. The summed E-state index contributed by atoms with van der Waals surface area (Å²) in [7, 11) is 6.41. The monoisotopic (exact) mass is 303 g/mol. The molecule has 0 bridgehead atoms. The third kappa shape index (κ3) is 10.6. The van der Waals surface area contributed by atoms with E-state index in [9.17, 15) is 0 Å². The van der Waals surface area contributed by atoms with E-state index in [4.69, 9.17) is 17.0 Å². The lowest BCUT2D eigenvalue weighted by Crippen LogP contribution is -3.00. The summed E-state index contributed by atoms with van der Waals surface area (Å²) < 4.78 is 6.21. The number of rotatable bonds is 4. The third-order valence-corrected chi connectivity index (χ3v) is 1.72. The largest absolute Gasteiger partial charge is 1.00 e. The topological polar surface area (TPSA) is 9.23 Å². The molecule has 0 amide bonds. The number of likely N-dealkylation sites (N-methyl/N-ethyl adjacent to an activating group) is 1. The molecule has 0 saturated heterocycles. The second-order valence-corrected chi connectivity index (χ2v) is 4.04. The van der Waals surface area contributed by atoms with Gasteiger partial charge in [-0.1, -0.05) is 6.92 Å². The highest BCUT2D eigenvalue weighted by molar-refractivity contribution is 7.80. The maximum atomic E-state index is 5.28. The standard InChI is InChI=1S/C8H18NOS.HI/c1-5-8(11)10-7-6-9(2,3)4;/h5-7H2,1-4H3;1H/q+1;/p-1. The Morgan fingerprint density at radius 1 is 1.33 bits per heavy atom. The normalized spacial score (nSPS) is 10.3. The smallest absolute Gasteiger partial charge is 0.159 e. The van der Waals surface area contributed by atoms with E-state index in [2.05, 4.69) is 21.1 Å². The van der Waals surface area contributed by atoms with Gasteiger partial charge in [-0.15, -0.1) is 0 Å². The minimum atomic E-state index is 0. The minimum absolute atomic E-state index is 0. The molecule has 12 heavy (non-hydrogen) atoms. The van der Waals surface area contributed by atoms with Gasteiger partial charge in [0, 0.05) is 6.42 Å². The Morgan fingerprint density at radius 2 is 1.83 bits per heavy atom. The van der Waals surface area contributed by atoms with Crippen LogP contribution < -0.4 is 24.0 Å². The third-order valence-electron chi connectivity index (χ3n) is 1.31. The molecule has 0 rings (SSSR count). The van der Waals surface area contributed by atoms with Gasteiger partial charge >= 0.3 is 0 Å². The highest BCUT2D eigenvalue weighted by atomic mass is 127. The van der Waals surface area contributed by atoms with Crippen LogP contribution in [0, 0.1) is 0 Å². The summed E-state index contributed by atoms with van der Waals surface area (Å²) in [6.07, 6.45) is 0.840. The van der Waals surface area contributed by atoms with Crippen molar-refractivity contribution in [3.63, 3.8) is 0 Å². The van der Waals surface area contributed by atoms with Gasteiger partial charge in [-0.25, -0.2) is 0 Å². The number of ether oxygens (including phenoxy) is 1. The van der Waals surface area contributed by atoms with E-state index < -0.39 is 0 Å². The number of halogens is 1. The molecule has 0 spiro atoms. The van der Waals surface area contributed by atoms with E-state index in [0.717, 1.165) is 29.1 Å². The fourth-order valence-electron chi connectivity index (χ4n) is 0.535. The molecule has 0 saturated carbocycles. The molecule has 0 aromatic rings. The zero-order valence-corrected chi connectivity index (χ0v) is 11.2. The molecule has 0 fully saturated rings. The van der Waals surface area contributed by atoms with Gasteiger partial charge in [0.1, 0.15) is 13.2 Å². The maximum absolute atomic E-state index is 5.28. The molecule has 74 valence electrons. The van der Waals surface area contributed by atoms with Gasteiger partial charge in [-0.05, 0) is 12.2 Å². The summed E-state index contributed by atoms with van der Waals surface area (Å²) in [6.45, 7) is 3.74. The SMILES string of the molecule is CCC(=S)OCC[N+](C)(C)C.[I-]. The van der Waals surface area contributed by atoms with Crippen LogP contribution >= 0.6 is 12.2 Å². The lowest BCUT2D eigenvalue weighted by Gasteiger charge is -2.23. The van der Waals surface area contributed by atoms with Crippen LogP contribution in [0.15, 0.2) is 0 Å². The van der Waals surface area contributed by atoms with Crippen LogP contribution in [0.2, 0.25) is 0 Å². The van der Waals surface area contributed by atoms with Crippen molar-refractivity contribution in [1.82, 2.24) is 0 Å². The van der Waals surface area contributed by atoms with Gasteiger partial charge in [-0.2, -0.15) is 0 Å². The fraction of sp³-hybridized carbons (Fsp3) is 0.875. The first-order valence-electron chi connectivity index (χ1n) is 3.92. The molecular weight excluding hydrogens is 285 g/mol. The van der Waals surface area contributed by atoms with Gasteiger partial charge < -0.3 is 33.2 Å². The molecule has 0 aliphatic heterocycles. The van der Waals surface area contributed by atoms with Crippen molar-refractivity contribution in [2.24, 2.45) is 0 Å². The fourth-order valence-corrected chi connectivity index (χ4v) is 0.619. The quantitative estimate of drug-likeness (QED) is 0.353. The molecule has 0 radical (unpaired) electrons. The summed E-state index contributed by atoms with van der Waals surface area (Å²) in [4.78, 5) is 0. The number of quaternary nitrogens is 1. The van der Waals surface area contributed by atoms with Crippen LogP contribution in [0.5, 0.6) is 0 Å². The van der Waals surface area contributed by atoms with Gasteiger partial charge in [0.2, 0.25) is 0 Å². The first-order valence-corrected chi connectivity index (χ1v) is 4.32. The summed E-state index contributed by atoms with van der Waals surface area (Å²) in [6, 6.07) is 0. The van der Waals surface area contributed by atoms with Crippen molar-refractivity contribution >= 4 is 17.3 Å². The lowest BCUT2D eigenvalue weighted by molar-refractivity contribution is -0.870. The predicted octanol–water partition coefficient (Wildman–Crippen LogP) is -1.55. The van der Waals surface area contributed by atoms with E-state index in [-0.39, 0.29) is 24.0 Å². The maximum Gasteiger partial charge on any atom is 0.159 e. The first kappa shape index (κ1) is 15.1. The summed E-state index contributed by atoms with van der Waals surface area (Å²) in [5, 5.41) is 0.721. The summed E-state index contributed by atoms with van der Waals surface area (Å²) >= 11 is 4.91. The zero-order valence-electron chi connectivity index (χ0n) is 8.26. The van der Waals surface area contributed by atoms with Crippen LogP contribution in [0.4, 0.5) is 0 Å². The highest BCUT2D eigenvalue weighted by Crippen LogP contribution is 1.92. The van der Waals surface area contributed by atoms with Crippen molar-refractivity contribution in [2.45, 2.75) is 13.3 Å². The zero-order chi connectivity index (χ0) is 8.91. The van der Waals surface area contributed by atoms with Gasteiger partial charge in [0.25, 0.3) is 0 Å². The Morgan fingerprint density at radius 3 is 2.17 bits per heavy atom. The average Bonchev–Trinajstić information content (AvgIpc) is 1.85. The molecule has 0 unspecified atom stereocenters. The van der Waals surface area contributed by atoms with Crippen LogP contribution in [0.3, 0.4) is 0 Å². The lowest BCUT2D eigenvalue weighted by atomic mass is 10.5. The molecular formula is C8H18INOS. The molecule has 0 atom stereocenters. The number of thiocarbonyl (C=S) groups is 1. The van der Waals surface area contributed by atoms with E-state index in [1.165, 1.54) is 0 Å². The van der Waals surface area contributed by atoms with Crippen molar-refractivity contribution in [2.75, 3.05) is 34.3 Å². The van der Waals surface area contributed by atoms with Crippen LogP contribution in [-0.2, 0) is 4.74 Å². The molecule has 0 aliphatic carbocycles. The van der Waals surface area contributed by atoms with E-state index >= 15 is 0 Å². The van der Waals surface area contributed by atoms with E-state index in [1.807, 2.05) is 6.92 Å². The molecule has 4 heteroatoms. The molecule has 0 N–H and O–H groups in total. The van der Waals surface area contributed by atoms with Crippen molar-refractivity contribution in [1.29, 1.82) is 0 Å². The van der Waals surface area contributed by atoms with Gasteiger partial charge in [0.05, 0.1) is 21.1 Å². The van der Waals surface area contributed by atoms with E-state index in [1.54, 1.807) is 0 Å². The molecule has 2 nitrogen and oxygen atoms in total. The average molecular weight is 303 g/mol. The Kier molecular flexibility index (Phi) is 8.83. The molecule has 0 aromatic heterocycles. The Balaban J connectivity index is 0. The Labute approximate surface area is 97.9 Å². The highest BCUT2D eigenvalue weighted by Gasteiger charge is 2.06. The number of nitrogens with zero attached hydrogens (tertiary/aromatic N) is 1. The summed E-state index contributed by atoms with van der Waals surface area (Å²) in [5.74, 6) is 0. The Hall–Kier alpha value is 0.580. The van der Waals surface area contributed by atoms with E-state index in [0.29, 0.717) is 0 Å². The second-order valence-electron chi connectivity index (χ2n) is 3.59. The van der Waals surface area contributed by atoms with Crippen LogP contribution in [0.25, 0.3) is 0 Å². The number of hydrogen-bond donors (Lipinski definition) is 0. The van der Waals surface area contributed by atoms with Crippen molar-refractivity contribution in [3.8, 4) is 0 Å². The summed E-state index contributed by atoms with van der Waals surface area (Å²) in [5.41, 5.74) is 0. The number of hydrogen-bond acceptors (Lipinski definition) is 2. The van der Waals surface area contributed by atoms with Crippen molar-refractivity contribution < 1.29 is 33.2 Å². The van der Waals surface area contributed by atoms with Crippen LogP contribution in [0.1, 0.15) is 13.3 Å².